The molecule has 1 aromatic carbocycles. The van der Waals surface area contributed by atoms with Crippen molar-refractivity contribution in [2.75, 3.05) is 6.61 Å². The molecule has 122 valence electrons. The highest BCUT2D eigenvalue weighted by molar-refractivity contribution is 6.45. The summed E-state index contributed by atoms with van der Waals surface area (Å²) in [7, 11) is 0. The molecule has 0 saturated carbocycles. The summed E-state index contributed by atoms with van der Waals surface area (Å²) in [5, 5.41) is 64.6. The second-order valence-corrected chi connectivity index (χ2v) is 4.57. The van der Waals surface area contributed by atoms with Crippen molar-refractivity contribution in [2.45, 2.75) is 24.4 Å². The highest BCUT2D eigenvalue weighted by Crippen LogP contribution is 2.25. The van der Waals surface area contributed by atoms with Crippen molar-refractivity contribution in [3.63, 3.8) is 0 Å². The molecule has 0 bridgehead atoms. The predicted octanol–water partition coefficient (Wildman–Crippen LogP) is -2.71. The summed E-state index contributed by atoms with van der Waals surface area (Å²) >= 11 is 0. The number of Topliss-reactive ketones (excluding diaryl/α,β-unsaturated/α-hetero) is 2. The fourth-order valence-electron chi connectivity index (χ4n) is 1.62. The molecule has 0 spiro atoms. The second-order valence-electron chi connectivity index (χ2n) is 4.57. The van der Waals surface area contributed by atoms with Crippen LogP contribution in [0.3, 0.4) is 0 Å². The van der Waals surface area contributed by atoms with Gasteiger partial charge < -0.3 is 35.7 Å². The van der Waals surface area contributed by atoms with Crippen LogP contribution in [0.5, 0.6) is 11.5 Å². The molecule has 0 aliphatic heterocycles. The Balaban J connectivity index is 2.89. The zero-order chi connectivity index (χ0) is 17.0. The molecule has 0 aromatic heterocycles. The van der Waals surface area contributed by atoms with Crippen LogP contribution in [0, 0.1) is 0 Å². The second kappa shape index (κ2) is 7.29. The largest absolute Gasteiger partial charge is 0.504 e. The maximum atomic E-state index is 11.8. The predicted molar refractivity (Wildman–Crippen MR) is 70.2 cm³/mol. The lowest BCUT2D eigenvalue weighted by Gasteiger charge is -2.24. The number of benzene rings is 1. The average molecular weight is 316 g/mol. The van der Waals surface area contributed by atoms with Crippen LogP contribution in [-0.4, -0.2) is 78.3 Å². The summed E-state index contributed by atoms with van der Waals surface area (Å²) in [5.41, 5.74) is -0.358. The molecule has 0 amide bonds. The Hall–Kier alpha value is -2.04. The zero-order valence-electron chi connectivity index (χ0n) is 11.2. The van der Waals surface area contributed by atoms with E-state index in [0.717, 1.165) is 18.2 Å². The van der Waals surface area contributed by atoms with Gasteiger partial charge in [0.05, 0.1) is 6.61 Å². The summed E-state index contributed by atoms with van der Waals surface area (Å²) < 4.78 is 0. The highest BCUT2D eigenvalue weighted by atomic mass is 16.4. The van der Waals surface area contributed by atoms with E-state index in [4.69, 9.17) is 15.3 Å². The van der Waals surface area contributed by atoms with Crippen LogP contribution in [0.15, 0.2) is 18.2 Å². The number of phenolic OH excluding ortho intramolecular Hbond substituents is 2. The summed E-state index contributed by atoms with van der Waals surface area (Å²) in [6, 6.07) is 2.74. The molecule has 0 unspecified atom stereocenters. The average Bonchev–Trinajstić information content (AvgIpc) is 2.52. The van der Waals surface area contributed by atoms with Crippen molar-refractivity contribution >= 4 is 11.6 Å². The summed E-state index contributed by atoms with van der Waals surface area (Å²) in [5.74, 6) is -3.97. The van der Waals surface area contributed by atoms with E-state index in [-0.39, 0.29) is 5.56 Å². The number of hydrogen-bond donors (Lipinski definition) is 7. The van der Waals surface area contributed by atoms with Crippen LogP contribution in [0.1, 0.15) is 10.4 Å². The topological polar surface area (TPSA) is 176 Å². The van der Waals surface area contributed by atoms with Crippen molar-refractivity contribution in [1.29, 1.82) is 0 Å². The Bertz CT molecular complexity index is 556. The van der Waals surface area contributed by atoms with Gasteiger partial charge in [0.25, 0.3) is 0 Å². The Morgan fingerprint density at radius 2 is 1.55 bits per heavy atom. The first kappa shape index (κ1) is 18.0. The minimum Gasteiger partial charge on any atom is -0.504 e. The van der Waals surface area contributed by atoms with Gasteiger partial charge in [-0.2, -0.15) is 0 Å². The number of aliphatic hydroxyl groups excluding tert-OH is 5. The highest BCUT2D eigenvalue weighted by Gasteiger charge is 2.37. The van der Waals surface area contributed by atoms with Gasteiger partial charge in [0.15, 0.2) is 11.5 Å². The van der Waals surface area contributed by atoms with Gasteiger partial charge in [-0.05, 0) is 18.2 Å². The van der Waals surface area contributed by atoms with E-state index < -0.39 is 54.1 Å². The Kier molecular flexibility index (Phi) is 5.97. The number of aromatic hydroxyl groups is 2. The van der Waals surface area contributed by atoms with E-state index in [0.29, 0.717) is 0 Å². The summed E-state index contributed by atoms with van der Waals surface area (Å²) in [4.78, 5) is 23.5. The lowest BCUT2D eigenvalue weighted by atomic mass is 9.96. The Morgan fingerprint density at radius 3 is 2.05 bits per heavy atom. The molecule has 0 fully saturated rings. The van der Waals surface area contributed by atoms with E-state index in [1.807, 2.05) is 0 Å². The molecule has 0 aliphatic carbocycles. The molecular formula is C13H16O9. The van der Waals surface area contributed by atoms with E-state index in [9.17, 15) is 30.0 Å². The standard InChI is InChI=1S/C13H16O9/c14-4-8(17)10(19)12(21)13(22)11(20)9(18)5-1-2-6(15)7(16)3-5/h1-3,8,10,12-17,19,21-22H,4H2/t8-,10-,12+,13+/m1/s1. The molecule has 0 aliphatic rings. The molecule has 4 atom stereocenters. The van der Waals surface area contributed by atoms with Crippen molar-refractivity contribution in [3.05, 3.63) is 23.8 Å². The van der Waals surface area contributed by atoms with Crippen molar-refractivity contribution in [1.82, 2.24) is 0 Å². The monoisotopic (exact) mass is 316 g/mol. The van der Waals surface area contributed by atoms with Gasteiger partial charge in [0.2, 0.25) is 11.6 Å². The third-order valence-corrected chi connectivity index (χ3v) is 2.98. The van der Waals surface area contributed by atoms with E-state index in [2.05, 4.69) is 0 Å². The number of hydrogen-bond acceptors (Lipinski definition) is 9. The van der Waals surface area contributed by atoms with Crippen LogP contribution < -0.4 is 0 Å². The summed E-state index contributed by atoms with van der Waals surface area (Å²) in [6.07, 6.45) is -8.42. The molecule has 0 heterocycles. The third kappa shape index (κ3) is 3.78. The molecule has 1 rings (SSSR count). The minimum atomic E-state index is -2.35. The molecule has 9 nitrogen and oxygen atoms in total. The van der Waals surface area contributed by atoms with E-state index >= 15 is 0 Å². The van der Waals surface area contributed by atoms with Crippen molar-refractivity contribution in [2.24, 2.45) is 0 Å². The number of carbonyl (C=O) groups is 2. The SMILES string of the molecule is O=C(C(=O)[C@H](O)[C@@H](O)[C@H](O)[C@H](O)CO)c1ccc(O)c(O)c1. The van der Waals surface area contributed by atoms with Gasteiger partial charge in [0, 0.05) is 5.56 Å². The van der Waals surface area contributed by atoms with Crippen LogP contribution in [0.25, 0.3) is 0 Å². The Morgan fingerprint density at radius 1 is 0.955 bits per heavy atom. The van der Waals surface area contributed by atoms with Gasteiger partial charge in [-0.1, -0.05) is 0 Å². The number of aliphatic hydroxyl groups is 5. The molecule has 0 radical (unpaired) electrons. The van der Waals surface area contributed by atoms with E-state index in [1.54, 1.807) is 0 Å². The number of rotatable bonds is 7. The molecule has 7 N–H and O–H groups in total. The third-order valence-electron chi connectivity index (χ3n) is 2.98. The lowest BCUT2D eigenvalue weighted by molar-refractivity contribution is -0.142. The zero-order valence-corrected chi connectivity index (χ0v) is 11.2. The van der Waals surface area contributed by atoms with Crippen LogP contribution in [0.4, 0.5) is 0 Å². The molecular weight excluding hydrogens is 300 g/mol. The molecule has 0 saturated heterocycles. The van der Waals surface area contributed by atoms with Gasteiger partial charge in [-0.25, -0.2) is 0 Å². The molecule has 22 heavy (non-hydrogen) atoms. The quantitative estimate of drug-likeness (QED) is 0.160. The van der Waals surface area contributed by atoms with Gasteiger partial charge in [0.1, 0.15) is 24.4 Å². The lowest BCUT2D eigenvalue weighted by Crippen LogP contribution is -2.50. The number of carbonyl (C=O) groups excluding carboxylic acids is 2. The first-order valence-corrected chi connectivity index (χ1v) is 6.14. The fraction of sp³-hybridized carbons (Fsp3) is 0.385. The Labute approximate surface area is 124 Å². The van der Waals surface area contributed by atoms with Gasteiger partial charge in [-0.15, -0.1) is 0 Å². The van der Waals surface area contributed by atoms with Crippen LogP contribution >= 0.6 is 0 Å². The minimum absolute atomic E-state index is 0.358. The molecule has 1 aromatic rings. The van der Waals surface area contributed by atoms with Crippen LogP contribution in [0.2, 0.25) is 0 Å². The number of phenols is 2. The summed E-state index contributed by atoms with van der Waals surface area (Å²) in [6.45, 7) is -0.932. The first-order chi connectivity index (χ1) is 10.2. The normalized spacial score (nSPS) is 16.6. The molecule has 9 heteroatoms. The van der Waals surface area contributed by atoms with E-state index in [1.165, 1.54) is 0 Å². The van der Waals surface area contributed by atoms with Gasteiger partial charge in [-0.3, -0.25) is 9.59 Å². The fourth-order valence-corrected chi connectivity index (χ4v) is 1.62. The van der Waals surface area contributed by atoms with Crippen molar-refractivity contribution in [3.8, 4) is 11.5 Å². The van der Waals surface area contributed by atoms with Crippen molar-refractivity contribution < 1.29 is 45.3 Å². The smallest absolute Gasteiger partial charge is 0.234 e. The maximum absolute atomic E-state index is 11.8. The first-order valence-electron chi connectivity index (χ1n) is 6.14. The van der Waals surface area contributed by atoms with Gasteiger partial charge >= 0.3 is 0 Å². The van der Waals surface area contributed by atoms with Crippen LogP contribution in [-0.2, 0) is 4.79 Å². The number of ketones is 2. The maximum Gasteiger partial charge on any atom is 0.234 e.